The highest BCUT2D eigenvalue weighted by molar-refractivity contribution is 5.79. The Balaban J connectivity index is 1.60. The number of fused-ring (bicyclic) bond motifs is 5. The van der Waals surface area contributed by atoms with Crippen molar-refractivity contribution >= 4 is 5.78 Å². The van der Waals surface area contributed by atoms with Crippen molar-refractivity contribution in [3.05, 3.63) is 11.6 Å². The summed E-state index contributed by atoms with van der Waals surface area (Å²) in [6, 6.07) is 0. The van der Waals surface area contributed by atoms with Crippen LogP contribution in [-0.4, -0.2) is 38.9 Å². The van der Waals surface area contributed by atoms with E-state index in [0.29, 0.717) is 30.6 Å². The van der Waals surface area contributed by atoms with Gasteiger partial charge in [0, 0.05) is 12.8 Å². The molecular weight excluding hydrogens is 388 g/mol. The van der Waals surface area contributed by atoms with Crippen molar-refractivity contribution < 1.29 is 20.1 Å². The Hall–Kier alpha value is -0.710. The topological polar surface area (TPSA) is 77.8 Å². The predicted molar refractivity (Wildman–Crippen MR) is 122 cm³/mol. The number of carbonyl (C=O) groups excluding carboxylic acids is 1. The number of hydrogen-bond acceptors (Lipinski definition) is 4. The summed E-state index contributed by atoms with van der Waals surface area (Å²) in [6.07, 6.45) is 8.81. The van der Waals surface area contributed by atoms with E-state index in [9.17, 15) is 20.1 Å². The van der Waals surface area contributed by atoms with Crippen LogP contribution >= 0.6 is 0 Å². The fourth-order valence-corrected chi connectivity index (χ4v) is 8.62. The number of carbonyl (C=O) groups is 1. The van der Waals surface area contributed by atoms with E-state index in [0.717, 1.165) is 38.5 Å². The maximum Gasteiger partial charge on any atom is 0.136 e. The first kappa shape index (κ1) is 23.4. The van der Waals surface area contributed by atoms with Crippen LogP contribution in [0, 0.1) is 40.4 Å². The van der Waals surface area contributed by atoms with Crippen molar-refractivity contribution in [3.8, 4) is 0 Å². The molecule has 176 valence electrons. The molecule has 4 rings (SSSR count). The second kappa shape index (κ2) is 7.95. The van der Waals surface area contributed by atoms with Crippen molar-refractivity contribution in [3.63, 3.8) is 0 Å². The molecule has 0 radical (unpaired) electrons. The fourth-order valence-electron chi connectivity index (χ4n) is 8.62. The molecule has 1 unspecified atom stereocenters. The summed E-state index contributed by atoms with van der Waals surface area (Å²) in [5.74, 6) is 1.55. The first-order valence-corrected chi connectivity index (χ1v) is 12.7. The Morgan fingerprint density at radius 3 is 2.55 bits per heavy atom. The lowest BCUT2D eigenvalue weighted by molar-refractivity contribution is -0.131. The van der Waals surface area contributed by atoms with Gasteiger partial charge >= 0.3 is 0 Å². The van der Waals surface area contributed by atoms with Crippen LogP contribution in [0.1, 0.15) is 92.4 Å². The third-order valence-electron chi connectivity index (χ3n) is 9.96. The van der Waals surface area contributed by atoms with E-state index in [1.807, 2.05) is 6.92 Å². The molecule has 0 heterocycles. The molecular formula is C27H44O4. The molecule has 4 aliphatic rings. The van der Waals surface area contributed by atoms with Gasteiger partial charge in [0.25, 0.3) is 0 Å². The average Bonchev–Trinajstić information content (AvgIpc) is 3.00. The molecule has 0 amide bonds. The van der Waals surface area contributed by atoms with Crippen molar-refractivity contribution in [1.29, 1.82) is 0 Å². The van der Waals surface area contributed by atoms with E-state index >= 15 is 0 Å². The molecule has 9 atom stereocenters. The van der Waals surface area contributed by atoms with Gasteiger partial charge in [0.2, 0.25) is 0 Å². The molecule has 3 N–H and O–H groups in total. The summed E-state index contributed by atoms with van der Waals surface area (Å²) >= 11 is 0. The Labute approximate surface area is 188 Å². The number of rotatable bonds is 5. The second-order valence-corrected chi connectivity index (χ2v) is 12.6. The molecule has 0 saturated heterocycles. The zero-order chi connectivity index (χ0) is 22.8. The molecule has 0 bridgehead atoms. The highest BCUT2D eigenvalue weighted by Gasteiger charge is 2.61. The molecule has 31 heavy (non-hydrogen) atoms. The minimum atomic E-state index is -0.977. The highest BCUT2D eigenvalue weighted by atomic mass is 16.3. The summed E-state index contributed by atoms with van der Waals surface area (Å²) in [5.41, 5.74) is 0.493. The van der Waals surface area contributed by atoms with Gasteiger partial charge in [-0.2, -0.15) is 0 Å². The maximum atomic E-state index is 12.6. The highest BCUT2D eigenvalue weighted by Crippen LogP contribution is 2.66. The monoisotopic (exact) mass is 432 g/mol. The van der Waals surface area contributed by atoms with Gasteiger partial charge in [-0.1, -0.05) is 39.3 Å². The van der Waals surface area contributed by atoms with E-state index < -0.39 is 5.60 Å². The van der Waals surface area contributed by atoms with Gasteiger partial charge in [-0.3, -0.25) is 4.79 Å². The van der Waals surface area contributed by atoms with Gasteiger partial charge in [-0.25, -0.2) is 0 Å². The van der Waals surface area contributed by atoms with E-state index in [1.54, 1.807) is 0 Å². The Morgan fingerprint density at radius 2 is 1.87 bits per heavy atom. The van der Waals surface area contributed by atoms with E-state index in [4.69, 9.17) is 0 Å². The molecule has 0 aromatic carbocycles. The molecule has 4 heteroatoms. The summed E-state index contributed by atoms with van der Waals surface area (Å²) in [4.78, 5) is 12.6. The van der Waals surface area contributed by atoms with Gasteiger partial charge in [0.05, 0.1) is 17.8 Å². The minimum absolute atomic E-state index is 0.0171. The zero-order valence-corrected chi connectivity index (χ0v) is 20.2. The smallest absolute Gasteiger partial charge is 0.136 e. The Kier molecular flexibility index (Phi) is 6.02. The van der Waals surface area contributed by atoms with Crippen LogP contribution in [0.15, 0.2) is 11.6 Å². The van der Waals surface area contributed by atoms with Crippen LogP contribution in [-0.2, 0) is 4.79 Å². The maximum absolute atomic E-state index is 12.6. The van der Waals surface area contributed by atoms with Gasteiger partial charge in [0.15, 0.2) is 0 Å². The average molecular weight is 433 g/mol. The quantitative estimate of drug-likeness (QED) is 0.553. The number of Topliss-reactive ketones (excluding diaryl/α,β-unsaturated/α-hetero) is 1. The normalized spacial score (nSPS) is 46.5. The Morgan fingerprint density at radius 1 is 1.16 bits per heavy atom. The summed E-state index contributed by atoms with van der Waals surface area (Å²) in [6.45, 7) is 10.6. The van der Waals surface area contributed by atoms with Crippen LogP contribution in [0.4, 0.5) is 0 Å². The molecule has 0 aliphatic heterocycles. The summed E-state index contributed by atoms with van der Waals surface area (Å²) < 4.78 is 0. The summed E-state index contributed by atoms with van der Waals surface area (Å²) in [7, 11) is 0. The summed E-state index contributed by atoms with van der Waals surface area (Å²) in [5, 5.41) is 32.9. The number of allylic oxidation sites excluding steroid dienone is 2. The molecule has 0 aromatic heterocycles. The first-order chi connectivity index (χ1) is 14.4. The van der Waals surface area contributed by atoms with Gasteiger partial charge in [0.1, 0.15) is 5.78 Å². The third-order valence-corrected chi connectivity index (χ3v) is 9.96. The van der Waals surface area contributed by atoms with Crippen molar-refractivity contribution in [2.24, 2.45) is 40.4 Å². The van der Waals surface area contributed by atoms with E-state index in [-0.39, 0.29) is 47.1 Å². The lowest BCUT2D eigenvalue weighted by Crippen LogP contribution is -2.54. The molecule has 0 aromatic rings. The van der Waals surface area contributed by atoms with Gasteiger partial charge < -0.3 is 15.3 Å². The van der Waals surface area contributed by atoms with Crippen LogP contribution in [0.25, 0.3) is 0 Å². The third kappa shape index (κ3) is 3.85. The standard InChI is InChI=1S/C27H44O4/c1-16(2)12-18(29)15-27(5,31)24-7-6-20-19-14-23(30)22-13-17(28)8-10-25(22,3)21(19)9-11-26(20,24)4/h9,16-17,19-20,22-24,28,30-31H,6-8,10-15H2,1-5H3/t17-,19-,20-,22+,23-,24-,25+,26-,27?/m0/s1. The molecule has 3 saturated carbocycles. The van der Waals surface area contributed by atoms with Crippen LogP contribution in [0.5, 0.6) is 0 Å². The van der Waals surface area contributed by atoms with Gasteiger partial charge in [-0.05, 0) is 92.3 Å². The molecule has 0 spiro atoms. The van der Waals surface area contributed by atoms with Crippen molar-refractivity contribution in [2.45, 2.75) is 110 Å². The predicted octanol–water partition coefficient (Wildman–Crippen LogP) is 4.65. The zero-order valence-electron chi connectivity index (χ0n) is 20.2. The van der Waals surface area contributed by atoms with Crippen LogP contribution in [0.2, 0.25) is 0 Å². The van der Waals surface area contributed by atoms with E-state index in [1.165, 1.54) is 5.57 Å². The number of hydrogen-bond donors (Lipinski definition) is 3. The van der Waals surface area contributed by atoms with Crippen molar-refractivity contribution in [1.82, 2.24) is 0 Å². The van der Waals surface area contributed by atoms with Crippen LogP contribution in [0.3, 0.4) is 0 Å². The first-order valence-electron chi connectivity index (χ1n) is 12.7. The molecule has 3 fully saturated rings. The van der Waals surface area contributed by atoms with E-state index in [2.05, 4.69) is 33.8 Å². The lowest BCUT2D eigenvalue weighted by atomic mass is 9.47. The Bertz CT molecular complexity index is 740. The van der Waals surface area contributed by atoms with Crippen LogP contribution < -0.4 is 0 Å². The minimum Gasteiger partial charge on any atom is -0.393 e. The number of aliphatic hydroxyl groups excluding tert-OH is 2. The van der Waals surface area contributed by atoms with Gasteiger partial charge in [-0.15, -0.1) is 0 Å². The SMILES string of the molecule is CC(C)CC(=O)CC(C)(O)[C@H]1CC[C@H]2[C@@H]3C[C@H](O)[C@H]4C[C@@H](O)CC[C@]4(C)C3=CC[C@]12C. The largest absolute Gasteiger partial charge is 0.393 e. The fraction of sp³-hybridized carbons (Fsp3) is 0.889. The van der Waals surface area contributed by atoms with Crippen molar-refractivity contribution in [2.75, 3.05) is 0 Å². The lowest BCUT2D eigenvalue weighted by Gasteiger charge is -2.58. The number of ketones is 1. The molecule has 4 aliphatic carbocycles. The second-order valence-electron chi connectivity index (χ2n) is 12.6. The number of aliphatic hydroxyl groups is 3. The molecule has 4 nitrogen and oxygen atoms in total.